The van der Waals surface area contributed by atoms with Gasteiger partial charge in [-0.25, -0.2) is 0 Å². The fourth-order valence-electron chi connectivity index (χ4n) is 4.64. The summed E-state index contributed by atoms with van der Waals surface area (Å²) in [7, 11) is 0. The van der Waals surface area contributed by atoms with Gasteiger partial charge in [-0.15, -0.1) is 0 Å². The van der Waals surface area contributed by atoms with Gasteiger partial charge in [-0.2, -0.15) is 0 Å². The number of amides is 4. The highest BCUT2D eigenvalue weighted by molar-refractivity contribution is 5.98. The molecule has 4 amide bonds. The number of rotatable bonds is 17. The predicted molar refractivity (Wildman–Crippen MR) is 174 cm³/mol. The zero-order valence-electron chi connectivity index (χ0n) is 27.4. The van der Waals surface area contributed by atoms with E-state index < -0.39 is 24.0 Å². The van der Waals surface area contributed by atoms with Crippen LogP contribution in [-0.2, 0) is 20.8 Å². The molecule has 242 valence electrons. The lowest BCUT2D eigenvalue weighted by Crippen LogP contribution is -2.57. The van der Waals surface area contributed by atoms with Crippen molar-refractivity contribution in [1.82, 2.24) is 31.6 Å². The second kappa shape index (κ2) is 18.1. The molecule has 2 aromatic rings. The largest absolute Gasteiger partial charge is 0.354 e. The van der Waals surface area contributed by atoms with E-state index in [9.17, 15) is 19.2 Å². The predicted octanol–water partition coefficient (Wildman–Crippen LogP) is 3.38. The average Bonchev–Trinajstić information content (AvgIpc) is 2.98. The first kappa shape index (κ1) is 36.4. The van der Waals surface area contributed by atoms with Crippen molar-refractivity contribution in [1.29, 1.82) is 0 Å². The van der Waals surface area contributed by atoms with Gasteiger partial charge in [0.05, 0.1) is 6.04 Å². The van der Waals surface area contributed by atoms with Crippen LogP contribution in [0.1, 0.15) is 83.7 Å². The molecule has 44 heavy (non-hydrogen) atoms. The molecule has 0 aliphatic carbocycles. The third-order valence-electron chi connectivity index (χ3n) is 7.01. The Bertz CT molecular complexity index is 1180. The Kier molecular flexibility index (Phi) is 15.0. The van der Waals surface area contributed by atoms with Gasteiger partial charge in [0.2, 0.25) is 17.7 Å². The third-order valence-corrected chi connectivity index (χ3v) is 7.01. The Hall–Kier alpha value is -3.79. The van der Waals surface area contributed by atoms with Gasteiger partial charge < -0.3 is 26.6 Å². The fraction of sp³-hybridized carbons (Fsp3) is 0.559. The van der Waals surface area contributed by atoms with E-state index in [-0.39, 0.29) is 29.2 Å². The van der Waals surface area contributed by atoms with E-state index >= 15 is 0 Å². The summed E-state index contributed by atoms with van der Waals surface area (Å²) in [5.74, 6) is -0.861. The molecule has 0 fully saturated rings. The summed E-state index contributed by atoms with van der Waals surface area (Å²) in [6.45, 7) is 14.8. The van der Waals surface area contributed by atoms with Gasteiger partial charge in [0.1, 0.15) is 12.1 Å². The number of carbonyl (C=O) groups is 4. The number of carbonyl (C=O) groups excluding carboxylic acids is 4. The van der Waals surface area contributed by atoms with Crippen LogP contribution in [0.15, 0.2) is 54.9 Å². The highest BCUT2D eigenvalue weighted by Gasteiger charge is 2.31. The van der Waals surface area contributed by atoms with Crippen LogP contribution in [0, 0.1) is 11.3 Å². The minimum atomic E-state index is -0.838. The van der Waals surface area contributed by atoms with Gasteiger partial charge >= 0.3 is 0 Å². The van der Waals surface area contributed by atoms with Crippen LogP contribution in [-0.4, -0.2) is 65.9 Å². The summed E-state index contributed by atoms with van der Waals surface area (Å²) < 4.78 is 0. The first-order chi connectivity index (χ1) is 20.8. The van der Waals surface area contributed by atoms with Crippen molar-refractivity contribution in [3.05, 3.63) is 66.0 Å². The van der Waals surface area contributed by atoms with Crippen molar-refractivity contribution in [3.8, 4) is 0 Å². The summed E-state index contributed by atoms with van der Waals surface area (Å²) in [5.41, 5.74) is 1.18. The van der Waals surface area contributed by atoms with Gasteiger partial charge in [0.15, 0.2) is 0 Å². The third kappa shape index (κ3) is 13.7. The van der Waals surface area contributed by atoms with Crippen molar-refractivity contribution in [2.24, 2.45) is 11.3 Å². The van der Waals surface area contributed by atoms with Gasteiger partial charge in [-0.05, 0) is 55.2 Å². The molecule has 0 aliphatic heterocycles. The molecular weight excluding hydrogens is 556 g/mol. The Morgan fingerprint density at radius 3 is 2.02 bits per heavy atom. The molecule has 10 nitrogen and oxygen atoms in total. The van der Waals surface area contributed by atoms with Crippen molar-refractivity contribution in [3.63, 3.8) is 0 Å². The number of nitrogens with zero attached hydrogens (tertiary/aromatic N) is 1. The number of hydrogen-bond donors (Lipinski definition) is 5. The maximum absolute atomic E-state index is 13.6. The summed E-state index contributed by atoms with van der Waals surface area (Å²) >= 11 is 0. The van der Waals surface area contributed by atoms with E-state index in [2.05, 4.69) is 31.6 Å². The summed E-state index contributed by atoms with van der Waals surface area (Å²) in [6.07, 6.45) is 5.07. The molecule has 10 heteroatoms. The molecule has 0 radical (unpaired) electrons. The van der Waals surface area contributed by atoms with E-state index in [4.69, 9.17) is 0 Å². The quantitative estimate of drug-likeness (QED) is 0.187. The molecule has 0 spiro atoms. The second-order valence-corrected chi connectivity index (χ2v) is 13.0. The molecule has 0 bridgehead atoms. The van der Waals surface area contributed by atoms with E-state index in [1.165, 1.54) is 12.4 Å². The number of benzene rings is 1. The molecule has 0 aliphatic rings. The molecular formula is C34H52N6O4. The summed E-state index contributed by atoms with van der Waals surface area (Å²) in [5, 5.41) is 15.1. The molecule has 0 saturated heterocycles. The van der Waals surface area contributed by atoms with Gasteiger partial charge in [-0.3, -0.25) is 24.2 Å². The lowest BCUT2D eigenvalue weighted by Gasteiger charge is -2.29. The van der Waals surface area contributed by atoms with Crippen molar-refractivity contribution >= 4 is 23.6 Å². The van der Waals surface area contributed by atoms with Crippen LogP contribution in [0.2, 0.25) is 0 Å². The van der Waals surface area contributed by atoms with Crippen LogP contribution in [0.3, 0.4) is 0 Å². The Morgan fingerprint density at radius 1 is 0.795 bits per heavy atom. The van der Waals surface area contributed by atoms with Crippen molar-refractivity contribution < 1.29 is 19.2 Å². The molecule has 0 saturated carbocycles. The first-order valence-electron chi connectivity index (χ1n) is 15.7. The Labute approximate surface area is 262 Å². The van der Waals surface area contributed by atoms with Crippen molar-refractivity contribution in [2.75, 3.05) is 13.1 Å². The summed E-state index contributed by atoms with van der Waals surface area (Å²) in [4.78, 5) is 56.6. The normalized spacial score (nSPS) is 14.2. The topological polar surface area (TPSA) is 141 Å². The second-order valence-electron chi connectivity index (χ2n) is 13.0. The standard InChI is InChI=1S/C34H52N6O4/c1-8-12-28(39-33(44)29(20-34(5,6)7)40-31(42)26-15-17-35-18-16-26)32(43)38-27(19-25-13-10-9-11-14-25)22-36-24(4)30(41)37-21-23(2)3/h9-11,13-18,23-24,27-29,36H,8,12,19-22H2,1-7H3,(H,37,41)(H,38,43)(H,39,44)(H,40,42)/t24-,27?,28-,29-/m0/s1. The Balaban J connectivity index is 2.16. The van der Waals surface area contributed by atoms with Crippen LogP contribution < -0.4 is 26.6 Å². The monoisotopic (exact) mass is 608 g/mol. The number of nitrogens with one attached hydrogen (secondary N) is 5. The van der Waals surface area contributed by atoms with Gasteiger partial charge in [-0.1, -0.05) is 78.3 Å². The Morgan fingerprint density at radius 2 is 1.43 bits per heavy atom. The minimum Gasteiger partial charge on any atom is -0.354 e. The molecule has 2 rings (SSSR count). The van der Waals surface area contributed by atoms with E-state index in [0.717, 1.165) is 5.56 Å². The summed E-state index contributed by atoms with van der Waals surface area (Å²) in [6, 6.07) is 10.6. The highest BCUT2D eigenvalue weighted by atomic mass is 16.2. The number of hydrogen-bond acceptors (Lipinski definition) is 6. The molecule has 1 aromatic carbocycles. The zero-order chi connectivity index (χ0) is 32.7. The number of pyridine rings is 1. The lowest BCUT2D eigenvalue weighted by molar-refractivity contribution is -0.130. The molecule has 1 unspecified atom stereocenters. The maximum atomic E-state index is 13.6. The van der Waals surface area contributed by atoms with Crippen LogP contribution in [0.25, 0.3) is 0 Å². The van der Waals surface area contributed by atoms with E-state index in [0.29, 0.717) is 50.3 Å². The van der Waals surface area contributed by atoms with Gasteiger partial charge in [0.25, 0.3) is 5.91 Å². The van der Waals surface area contributed by atoms with Crippen LogP contribution in [0.5, 0.6) is 0 Å². The fourth-order valence-corrected chi connectivity index (χ4v) is 4.64. The van der Waals surface area contributed by atoms with Crippen LogP contribution in [0.4, 0.5) is 0 Å². The molecule has 4 atom stereocenters. The first-order valence-corrected chi connectivity index (χ1v) is 15.7. The van der Waals surface area contributed by atoms with Crippen molar-refractivity contribution in [2.45, 2.75) is 98.3 Å². The minimum absolute atomic E-state index is 0.0988. The SMILES string of the molecule is CCC[C@H](NC(=O)[C@H](CC(C)(C)C)NC(=O)c1ccncc1)C(=O)NC(CN[C@@H](C)C(=O)NCC(C)C)Cc1ccccc1. The maximum Gasteiger partial charge on any atom is 0.252 e. The van der Waals surface area contributed by atoms with E-state index in [1.54, 1.807) is 19.1 Å². The van der Waals surface area contributed by atoms with Gasteiger partial charge in [0, 0.05) is 37.1 Å². The molecule has 1 aromatic heterocycles. The number of aromatic nitrogens is 1. The lowest BCUT2D eigenvalue weighted by atomic mass is 9.87. The average molecular weight is 609 g/mol. The highest BCUT2D eigenvalue weighted by Crippen LogP contribution is 2.21. The molecule has 5 N–H and O–H groups in total. The smallest absolute Gasteiger partial charge is 0.252 e. The van der Waals surface area contributed by atoms with Crippen LogP contribution >= 0.6 is 0 Å². The zero-order valence-corrected chi connectivity index (χ0v) is 27.4. The van der Waals surface area contributed by atoms with E-state index in [1.807, 2.05) is 71.9 Å². The molecule has 1 heterocycles.